The molecule has 0 unspecified atom stereocenters. The average Bonchev–Trinajstić information content (AvgIpc) is 2.12. The van der Waals surface area contributed by atoms with Crippen LogP contribution in [0.25, 0.3) is 0 Å². The van der Waals surface area contributed by atoms with E-state index >= 15 is 0 Å². The summed E-state index contributed by atoms with van der Waals surface area (Å²) >= 11 is 0. The lowest BCUT2D eigenvalue weighted by Gasteiger charge is -1.71. The summed E-state index contributed by atoms with van der Waals surface area (Å²) in [5, 5.41) is 0. The SMILES string of the molecule is O=CN1CC1. The molecule has 0 spiro atoms. The average molecular weight is 71.1 g/mol. The first kappa shape index (κ1) is 2.69. The monoisotopic (exact) mass is 71.0 g/mol. The molecular weight excluding hydrogens is 66.0 g/mol. The van der Waals surface area contributed by atoms with Crippen LogP contribution >= 0.6 is 0 Å². The van der Waals surface area contributed by atoms with Crippen LogP contribution in [-0.4, -0.2) is 24.4 Å². The molecule has 1 fully saturated rings. The zero-order chi connectivity index (χ0) is 3.70. The molecule has 0 atom stereocenters. The van der Waals surface area contributed by atoms with Crippen molar-refractivity contribution < 1.29 is 4.79 Å². The first-order valence-electron chi connectivity index (χ1n) is 1.63. The third-order valence-electron chi connectivity index (χ3n) is 0.631. The Bertz CT molecular complexity index is 48.9. The molecule has 0 aliphatic carbocycles. The summed E-state index contributed by atoms with van der Waals surface area (Å²) in [4.78, 5) is 11.2. The van der Waals surface area contributed by atoms with Crippen LogP contribution in [0, 0.1) is 0 Å². The molecule has 2 nitrogen and oxygen atoms in total. The van der Waals surface area contributed by atoms with Crippen molar-refractivity contribution in [2.75, 3.05) is 13.1 Å². The summed E-state index contributed by atoms with van der Waals surface area (Å²) in [6.45, 7) is 1.95. The molecule has 1 saturated heterocycles. The minimum atomic E-state index is 0.861. The molecule has 28 valence electrons. The van der Waals surface area contributed by atoms with Gasteiger partial charge in [0.1, 0.15) is 0 Å². The maximum Gasteiger partial charge on any atom is 0.209 e. The van der Waals surface area contributed by atoms with Gasteiger partial charge in [-0.05, 0) is 0 Å². The normalized spacial score (nSPS) is 18.8. The summed E-state index contributed by atoms with van der Waals surface area (Å²) in [5.74, 6) is 0. The van der Waals surface area contributed by atoms with Gasteiger partial charge in [0.2, 0.25) is 6.41 Å². The van der Waals surface area contributed by atoms with Gasteiger partial charge in [-0.2, -0.15) is 0 Å². The van der Waals surface area contributed by atoms with Crippen LogP contribution in [0.3, 0.4) is 0 Å². The lowest BCUT2D eigenvalue weighted by molar-refractivity contribution is -0.113. The van der Waals surface area contributed by atoms with Gasteiger partial charge in [-0.3, -0.25) is 4.79 Å². The van der Waals surface area contributed by atoms with Gasteiger partial charge in [-0.25, -0.2) is 0 Å². The van der Waals surface area contributed by atoms with Crippen molar-refractivity contribution in [1.82, 2.24) is 4.90 Å². The lowest BCUT2D eigenvalue weighted by Crippen LogP contribution is -1.85. The van der Waals surface area contributed by atoms with Gasteiger partial charge in [0.25, 0.3) is 0 Å². The Hall–Kier alpha value is -0.530. The van der Waals surface area contributed by atoms with Gasteiger partial charge in [0, 0.05) is 13.1 Å². The highest BCUT2D eigenvalue weighted by Gasteiger charge is 2.11. The van der Waals surface area contributed by atoms with Crippen molar-refractivity contribution in [2.45, 2.75) is 0 Å². The Morgan fingerprint density at radius 1 is 1.60 bits per heavy atom. The number of hydrogen-bond acceptors (Lipinski definition) is 1. The summed E-state index contributed by atoms with van der Waals surface area (Å²) in [7, 11) is 0. The van der Waals surface area contributed by atoms with E-state index in [0.29, 0.717) is 0 Å². The first-order valence-corrected chi connectivity index (χ1v) is 1.63. The largest absolute Gasteiger partial charge is 0.342 e. The van der Waals surface area contributed by atoms with Crippen LogP contribution in [0.5, 0.6) is 0 Å². The molecule has 0 aromatic carbocycles. The standard InChI is InChI=1S/C3H5NO/c5-3-4-1-2-4/h3H,1-2H2. The van der Waals surface area contributed by atoms with E-state index in [1.165, 1.54) is 0 Å². The lowest BCUT2D eigenvalue weighted by atomic mass is 11.0. The highest BCUT2D eigenvalue weighted by atomic mass is 16.1. The Labute approximate surface area is 30.4 Å². The molecule has 5 heavy (non-hydrogen) atoms. The fourth-order valence-electron chi connectivity index (χ4n) is 0.163. The number of hydrogen-bond donors (Lipinski definition) is 0. The molecule has 0 bridgehead atoms. The summed E-state index contributed by atoms with van der Waals surface area (Å²) in [6, 6.07) is 0. The third kappa shape index (κ3) is 0.375. The van der Waals surface area contributed by atoms with E-state index < -0.39 is 0 Å². The van der Waals surface area contributed by atoms with E-state index in [-0.39, 0.29) is 0 Å². The highest BCUT2D eigenvalue weighted by Crippen LogP contribution is 1.94. The van der Waals surface area contributed by atoms with Crippen molar-refractivity contribution >= 4 is 6.41 Å². The second kappa shape index (κ2) is 0.708. The van der Waals surface area contributed by atoms with Crippen molar-refractivity contribution in [2.24, 2.45) is 0 Å². The molecule has 0 radical (unpaired) electrons. The molecule has 0 saturated carbocycles. The third-order valence-corrected chi connectivity index (χ3v) is 0.631. The Morgan fingerprint density at radius 2 is 2.20 bits per heavy atom. The van der Waals surface area contributed by atoms with Gasteiger partial charge in [0.05, 0.1) is 0 Å². The fraction of sp³-hybridized carbons (Fsp3) is 0.667. The molecule has 1 rings (SSSR count). The van der Waals surface area contributed by atoms with Gasteiger partial charge >= 0.3 is 0 Å². The van der Waals surface area contributed by atoms with E-state index in [1.54, 1.807) is 4.90 Å². The smallest absolute Gasteiger partial charge is 0.209 e. The molecule has 1 aliphatic heterocycles. The van der Waals surface area contributed by atoms with Crippen LogP contribution in [0.2, 0.25) is 0 Å². The van der Waals surface area contributed by atoms with Crippen LogP contribution in [0.1, 0.15) is 0 Å². The maximum absolute atomic E-state index is 9.49. The number of nitrogens with zero attached hydrogens (tertiary/aromatic N) is 1. The van der Waals surface area contributed by atoms with Crippen LogP contribution in [0.15, 0.2) is 0 Å². The highest BCUT2D eigenvalue weighted by molar-refractivity contribution is 5.50. The molecule has 1 amide bonds. The zero-order valence-electron chi connectivity index (χ0n) is 2.85. The second-order valence-electron chi connectivity index (χ2n) is 1.14. The van der Waals surface area contributed by atoms with Crippen molar-refractivity contribution in [1.29, 1.82) is 0 Å². The minimum Gasteiger partial charge on any atom is -0.342 e. The Balaban J connectivity index is 2.21. The van der Waals surface area contributed by atoms with Crippen molar-refractivity contribution in [3.8, 4) is 0 Å². The fourth-order valence-corrected chi connectivity index (χ4v) is 0.163. The number of rotatable bonds is 1. The van der Waals surface area contributed by atoms with E-state index in [9.17, 15) is 4.79 Å². The predicted octanol–water partition coefficient (Wildman–Crippen LogP) is -0.542. The van der Waals surface area contributed by atoms with E-state index in [0.717, 1.165) is 19.5 Å². The van der Waals surface area contributed by atoms with Gasteiger partial charge in [-0.1, -0.05) is 0 Å². The quantitative estimate of drug-likeness (QED) is 0.300. The molecule has 2 heteroatoms. The predicted molar refractivity (Wildman–Crippen MR) is 17.6 cm³/mol. The molecular formula is C3H5NO. The van der Waals surface area contributed by atoms with E-state index in [2.05, 4.69) is 0 Å². The van der Waals surface area contributed by atoms with Crippen molar-refractivity contribution in [3.63, 3.8) is 0 Å². The van der Waals surface area contributed by atoms with Crippen LogP contribution < -0.4 is 0 Å². The molecule has 0 N–H and O–H groups in total. The molecule has 0 aromatic rings. The van der Waals surface area contributed by atoms with E-state index in [1.807, 2.05) is 0 Å². The summed E-state index contributed by atoms with van der Waals surface area (Å²) < 4.78 is 0. The maximum atomic E-state index is 9.49. The zero-order valence-corrected chi connectivity index (χ0v) is 2.85. The van der Waals surface area contributed by atoms with Gasteiger partial charge in [0.15, 0.2) is 0 Å². The topological polar surface area (TPSA) is 20.1 Å². The summed E-state index contributed by atoms with van der Waals surface area (Å²) in [5.41, 5.74) is 0. The summed E-state index contributed by atoms with van der Waals surface area (Å²) in [6.07, 6.45) is 0.861. The first-order chi connectivity index (χ1) is 2.43. The number of carbonyl (C=O) groups is 1. The second-order valence-corrected chi connectivity index (χ2v) is 1.14. The van der Waals surface area contributed by atoms with Crippen molar-refractivity contribution in [3.05, 3.63) is 0 Å². The number of amides is 1. The van der Waals surface area contributed by atoms with Gasteiger partial charge < -0.3 is 4.90 Å². The van der Waals surface area contributed by atoms with Crippen LogP contribution in [-0.2, 0) is 4.79 Å². The number of carbonyl (C=O) groups excluding carboxylic acids is 1. The van der Waals surface area contributed by atoms with E-state index in [4.69, 9.17) is 0 Å². The molecule has 1 aliphatic rings. The van der Waals surface area contributed by atoms with Gasteiger partial charge in [-0.15, -0.1) is 0 Å². The van der Waals surface area contributed by atoms with Crippen LogP contribution in [0.4, 0.5) is 0 Å². The minimum absolute atomic E-state index is 0.861. The molecule has 1 heterocycles. The Kier molecular flexibility index (Phi) is 0.381. The Morgan fingerprint density at radius 3 is 2.20 bits per heavy atom. The molecule has 0 aromatic heterocycles.